The molecule has 138 valence electrons. The van der Waals surface area contributed by atoms with Gasteiger partial charge in [-0.2, -0.15) is 0 Å². The summed E-state index contributed by atoms with van der Waals surface area (Å²) in [5.41, 5.74) is 0.517. The molecule has 1 atom stereocenters. The maximum absolute atomic E-state index is 12.9. The van der Waals surface area contributed by atoms with Gasteiger partial charge in [0.15, 0.2) is 0 Å². The maximum Gasteiger partial charge on any atom is 0.227 e. The molecule has 1 aromatic carbocycles. The van der Waals surface area contributed by atoms with E-state index in [-0.39, 0.29) is 29.7 Å². The quantitative estimate of drug-likeness (QED) is 0.837. The minimum atomic E-state index is -3.18. The predicted octanol–water partition coefficient (Wildman–Crippen LogP) is 0.925. The summed E-state index contributed by atoms with van der Waals surface area (Å²) in [5.74, 6) is -0.124. The number of carbonyl (C=O) groups is 1. The predicted molar refractivity (Wildman–Crippen MR) is 90.9 cm³/mol. The summed E-state index contributed by atoms with van der Waals surface area (Å²) in [6.07, 6.45) is 3.11. The number of likely N-dealkylation sites (tertiary alicyclic amines) is 1. The molecule has 0 aliphatic carbocycles. The lowest BCUT2D eigenvalue weighted by Crippen LogP contribution is -2.66. The van der Waals surface area contributed by atoms with Gasteiger partial charge in [0.2, 0.25) is 15.9 Å². The number of ether oxygens (including phenoxy) is 1. The normalized spacial score (nSPS) is 22.6. The molecular weight excluding hydrogens is 347 g/mol. The van der Waals surface area contributed by atoms with Crippen molar-refractivity contribution >= 4 is 15.9 Å². The van der Waals surface area contributed by atoms with E-state index in [1.54, 1.807) is 17.0 Å². The molecule has 0 saturated carbocycles. The second-order valence-corrected chi connectivity index (χ2v) is 8.91. The number of sulfonamides is 1. The summed E-state index contributed by atoms with van der Waals surface area (Å²) >= 11 is 0. The third-order valence-corrected chi connectivity index (χ3v) is 5.54. The van der Waals surface area contributed by atoms with Crippen molar-refractivity contribution in [2.75, 3.05) is 32.5 Å². The van der Waals surface area contributed by atoms with Gasteiger partial charge in [0.1, 0.15) is 11.4 Å². The SMILES string of the molecule is CS(=O)(=O)NCC1CCC2(CN(C(=O)Cc3ccc(F)cc3)C2)OC1. The third kappa shape index (κ3) is 4.77. The highest BCUT2D eigenvalue weighted by atomic mass is 32.2. The molecule has 2 aliphatic heterocycles. The van der Waals surface area contributed by atoms with Crippen LogP contribution in [0.25, 0.3) is 0 Å². The Labute approximate surface area is 147 Å². The van der Waals surface area contributed by atoms with Gasteiger partial charge >= 0.3 is 0 Å². The molecule has 1 unspecified atom stereocenters. The van der Waals surface area contributed by atoms with Gasteiger partial charge in [0.25, 0.3) is 0 Å². The summed E-state index contributed by atoms with van der Waals surface area (Å²) in [4.78, 5) is 14.0. The van der Waals surface area contributed by atoms with E-state index in [0.29, 0.717) is 26.2 Å². The van der Waals surface area contributed by atoms with E-state index < -0.39 is 10.0 Å². The maximum atomic E-state index is 12.9. The van der Waals surface area contributed by atoms with Gasteiger partial charge < -0.3 is 9.64 Å². The minimum Gasteiger partial charge on any atom is -0.371 e. The van der Waals surface area contributed by atoms with Crippen molar-refractivity contribution in [2.45, 2.75) is 24.9 Å². The van der Waals surface area contributed by atoms with Crippen molar-refractivity contribution < 1.29 is 22.3 Å². The molecule has 0 radical (unpaired) electrons. The van der Waals surface area contributed by atoms with Crippen LogP contribution < -0.4 is 4.72 Å². The van der Waals surface area contributed by atoms with Crippen molar-refractivity contribution in [3.63, 3.8) is 0 Å². The minimum absolute atomic E-state index is 0.0155. The zero-order chi connectivity index (χ0) is 18.1. The molecule has 2 aliphatic rings. The Morgan fingerprint density at radius 2 is 2.04 bits per heavy atom. The second kappa shape index (κ2) is 7.01. The van der Waals surface area contributed by atoms with Crippen molar-refractivity contribution in [3.05, 3.63) is 35.6 Å². The molecule has 25 heavy (non-hydrogen) atoms. The molecule has 1 aromatic rings. The van der Waals surface area contributed by atoms with Gasteiger partial charge in [0, 0.05) is 6.54 Å². The number of hydrogen-bond acceptors (Lipinski definition) is 4. The molecule has 2 fully saturated rings. The summed E-state index contributed by atoms with van der Waals surface area (Å²) in [6, 6.07) is 5.96. The van der Waals surface area contributed by atoms with E-state index in [9.17, 15) is 17.6 Å². The van der Waals surface area contributed by atoms with Crippen LogP contribution >= 0.6 is 0 Å². The first-order chi connectivity index (χ1) is 11.7. The molecule has 1 amide bonds. The van der Waals surface area contributed by atoms with E-state index in [0.717, 1.165) is 24.7 Å². The molecule has 1 spiro atoms. The number of amides is 1. The van der Waals surface area contributed by atoms with E-state index in [1.807, 2.05) is 0 Å². The Morgan fingerprint density at radius 3 is 2.60 bits per heavy atom. The molecule has 6 nitrogen and oxygen atoms in total. The largest absolute Gasteiger partial charge is 0.371 e. The van der Waals surface area contributed by atoms with Crippen LogP contribution in [0.1, 0.15) is 18.4 Å². The van der Waals surface area contributed by atoms with Crippen LogP contribution in [-0.4, -0.2) is 57.3 Å². The van der Waals surface area contributed by atoms with Crippen LogP contribution in [-0.2, 0) is 26.0 Å². The number of hydrogen-bond donors (Lipinski definition) is 1. The van der Waals surface area contributed by atoms with Gasteiger partial charge in [-0.25, -0.2) is 17.5 Å². The number of rotatable bonds is 5. The Hall–Kier alpha value is -1.51. The summed E-state index contributed by atoms with van der Waals surface area (Å²) in [6.45, 7) is 2.03. The van der Waals surface area contributed by atoms with Crippen LogP contribution in [0.5, 0.6) is 0 Å². The lowest BCUT2D eigenvalue weighted by atomic mass is 9.82. The average Bonchev–Trinajstić information content (AvgIpc) is 2.52. The van der Waals surface area contributed by atoms with Crippen molar-refractivity contribution in [1.82, 2.24) is 9.62 Å². The van der Waals surface area contributed by atoms with Crippen LogP contribution in [0.2, 0.25) is 0 Å². The molecular formula is C17H23FN2O4S. The molecule has 2 saturated heterocycles. The van der Waals surface area contributed by atoms with Gasteiger partial charge in [-0.3, -0.25) is 4.79 Å². The van der Waals surface area contributed by atoms with Crippen molar-refractivity contribution in [1.29, 1.82) is 0 Å². The summed E-state index contributed by atoms with van der Waals surface area (Å²) < 4.78 is 43.6. The highest BCUT2D eigenvalue weighted by Gasteiger charge is 2.48. The topological polar surface area (TPSA) is 75.7 Å². The first kappa shape index (κ1) is 18.3. The van der Waals surface area contributed by atoms with Crippen LogP contribution in [0.15, 0.2) is 24.3 Å². The number of benzene rings is 1. The van der Waals surface area contributed by atoms with E-state index in [1.165, 1.54) is 12.1 Å². The van der Waals surface area contributed by atoms with Gasteiger partial charge in [-0.15, -0.1) is 0 Å². The lowest BCUT2D eigenvalue weighted by molar-refractivity contribution is -0.187. The van der Waals surface area contributed by atoms with Crippen LogP contribution in [0.4, 0.5) is 4.39 Å². The van der Waals surface area contributed by atoms with E-state index in [2.05, 4.69) is 4.72 Å². The van der Waals surface area contributed by atoms with E-state index in [4.69, 9.17) is 4.74 Å². The fourth-order valence-electron chi connectivity index (χ4n) is 3.31. The molecule has 0 bridgehead atoms. The molecule has 8 heteroatoms. The van der Waals surface area contributed by atoms with Crippen LogP contribution in [0.3, 0.4) is 0 Å². The van der Waals surface area contributed by atoms with Gasteiger partial charge in [-0.05, 0) is 36.5 Å². The Kier molecular flexibility index (Phi) is 5.13. The number of nitrogens with one attached hydrogen (secondary N) is 1. The highest BCUT2D eigenvalue weighted by Crippen LogP contribution is 2.36. The van der Waals surface area contributed by atoms with Gasteiger partial charge in [0.05, 0.1) is 32.4 Å². The first-order valence-electron chi connectivity index (χ1n) is 8.36. The number of nitrogens with zero attached hydrogens (tertiary/aromatic N) is 1. The zero-order valence-electron chi connectivity index (χ0n) is 14.2. The van der Waals surface area contributed by atoms with Crippen molar-refractivity contribution in [3.8, 4) is 0 Å². The Morgan fingerprint density at radius 1 is 1.36 bits per heavy atom. The number of halogens is 1. The molecule has 2 heterocycles. The number of carbonyl (C=O) groups excluding carboxylic acids is 1. The average molecular weight is 370 g/mol. The van der Waals surface area contributed by atoms with Crippen molar-refractivity contribution in [2.24, 2.45) is 5.92 Å². The first-order valence-corrected chi connectivity index (χ1v) is 10.2. The lowest BCUT2D eigenvalue weighted by Gasteiger charge is -2.52. The monoisotopic (exact) mass is 370 g/mol. The van der Waals surface area contributed by atoms with E-state index >= 15 is 0 Å². The summed E-state index contributed by atoms with van der Waals surface area (Å²) in [5, 5.41) is 0. The van der Waals surface area contributed by atoms with Crippen LogP contribution in [0, 0.1) is 11.7 Å². The Bertz CT molecular complexity index is 720. The molecule has 3 rings (SSSR count). The molecule has 0 aromatic heterocycles. The highest BCUT2D eigenvalue weighted by molar-refractivity contribution is 7.88. The fourth-order valence-corrected chi connectivity index (χ4v) is 3.85. The fraction of sp³-hybridized carbons (Fsp3) is 0.588. The third-order valence-electron chi connectivity index (χ3n) is 4.85. The second-order valence-electron chi connectivity index (χ2n) is 7.07. The smallest absolute Gasteiger partial charge is 0.227 e. The zero-order valence-corrected chi connectivity index (χ0v) is 15.0. The summed E-state index contributed by atoms with van der Waals surface area (Å²) in [7, 11) is -3.18. The van der Waals surface area contributed by atoms with Gasteiger partial charge in [-0.1, -0.05) is 12.1 Å². The Balaban J connectivity index is 1.43. The molecule has 1 N–H and O–H groups in total. The standard InChI is InChI=1S/C17H23FN2O4S/c1-25(22,23)19-9-14-6-7-17(24-10-14)11-20(12-17)16(21)8-13-2-4-15(18)5-3-13/h2-5,14,19H,6-12H2,1H3.